The van der Waals surface area contributed by atoms with Gasteiger partial charge in [-0.05, 0) is 11.3 Å². The molecule has 0 aliphatic rings. The van der Waals surface area contributed by atoms with Crippen molar-refractivity contribution < 1.29 is 22.8 Å². The molecule has 6 nitrogen and oxygen atoms in total. The molecular weight excluding hydrogens is 174 g/mol. The van der Waals surface area contributed by atoms with Gasteiger partial charge in [-0.15, -0.1) is 0 Å². The van der Waals surface area contributed by atoms with Gasteiger partial charge < -0.3 is 4.90 Å². The van der Waals surface area contributed by atoms with E-state index in [0.29, 0.717) is 6.54 Å². The summed E-state index contributed by atoms with van der Waals surface area (Å²) in [5.74, 6) is 0. The van der Waals surface area contributed by atoms with Gasteiger partial charge in [0.05, 0.1) is 0 Å². The standard InChI is InChI=1S/C4H9NO5S/c1-3-5(2)4(6)9-10-11(7)8/h3H2,1-2H3,(H,7,8). The third-order valence-electron chi connectivity index (χ3n) is 0.950. The van der Waals surface area contributed by atoms with Gasteiger partial charge in [-0.1, -0.05) is 0 Å². The fourth-order valence-corrected chi connectivity index (χ4v) is 0.367. The Hall–Kier alpha value is -0.660. The number of amides is 1. The molecule has 11 heavy (non-hydrogen) atoms. The van der Waals surface area contributed by atoms with Crippen molar-refractivity contribution >= 4 is 17.5 Å². The largest absolute Gasteiger partial charge is 0.442 e. The van der Waals surface area contributed by atoms with Gasteiger partial charge in [0.1, 0.15) is 0 Å². The average Bonchev–Trinajstić information content (AvgIpc) is 1.98. The molecule has 0 rings (SSSR count). The Morgan fingerprint density at radius 1 is 1.73 bits per heavy atom. The van der Waals surface area contributed by atoms with Crippen LogP contribution in [0.3, 0.4) is 0 Å². The highest BCUT2D eigenvalue weighted by Crippen LogP contribution is 1.91. The molecule has 1 N–H and O–H groups in total. The number of nitrogens with zero attached hydrogens (tertiary/aromatic N) is 1. The zero-order valence-corrected chi connectivity index (χ0v) is 6.96. The Bertz CT molecular complexity index is 161. The summed E-state index contributed by atoms with van der Waals surface area (Å²) in [5, 5.41) is 0. The van der Waals surface area contributed by atoms with Crippen molar-refractivity contribution in [2.24, 2.45) is 0 Å². The van der Waals surface area contributed by atoms with E-state index in [2.05, 4.69) is 9.22 Å². The van der Waals surface area contributed by atoms with Gasteiger partial charge in [0, 0.05) is 13.6 Å². The summed E-state index contributed by atoms with van der Waals surface area (Å²) < 4.78 is 21.5. The molecule has 1 atom stereocenters. The van der Waals surface area contributed by atoms with Gasteiger partial charge in [0.15, 0.2) is 0 Å². The lowest BCUT2D eigenvalue weighted by Gasteiger charge is -2.10. The van der Waals surface area contributed by atoms with E-state index in [1.54, 1.807) is 6.92 Å². The van der Waals surface area contributed by atoms with Crippen LogP contribution in [-0.4, -0.2) is 33.3 Å². The van der Waals surface area contributed by atoms with Crippen LogP contribution in [0, 0.1) is 0 Å². The lowest BCUT2D eigenvalue weighted by atomic mass is 10.7. The maximum absolute atomic E-state index is 10.6. The van der Waals surface area contributed by atoms with Gasteiger partial charge in [0.2, 0.25) is 0 Å². The Morgan fingerprint density at radius 2 is 2.27 bits per heavy atom. The summed E-state index contributed by atoms with van der Waals surface area (Å²) in [4.78, 5) is 15.7. The van der Waals surface area contributed by atoms with E-state index in [1.807, 2.05) is 0 Å². The van der Waals surface area contributed by atoms with E-state index in [0.717, 1.165) is 0 Å². The summed E-state index contributed by atoms with van der Waals surface area (Å²) in [5.41, 5.74) is 0. The highest BCUT2D eigenvalue weighted by atomic mass is 32.2. The first-order valence-corrected chi connectivity index (χ1v) is 3.82. The number of rotatable bonds is 3. The first-order chi connectivity index (χ1) is 5.07. The average molecular weight is 183 g/mol. The highest BCUT2D eigenvalue weighted by Gasteiger charge is 2.09. The van der Waals surface area contributed by atoms with Gasteiger partial charge >= 0.3 is 17.5 Å². The van der Waals surface area contributed by atoms with Crippen molar-refractivity contribution in [1.29, 1.82) is 0 Å². The molecule has 0 fully saturated rings. The van der Waals surface area contributed by atoms with Gasteiger partial charge in [0.25, 0.3) is 0 Å². The van der Waals surface area contributed by atoms with E-state index in [9.17, 15) is 9.00 Å². The molecule has 7 heteroatoms. The number of hydrogen-bond donors (Lipinski definition) is 1. The highest BCUT2D eigenvalue weighted by molar-refractivity contribution is 7.74. The molecule has 0 radical (unpaired) electrons. The molecule has 0 aliphatic carbocycles. The molecule has 0 saturated heterocycles. The second kappa shape index (κ2) is 5.05. The summed E-state index contributed by atoms with van der Waals surface area (Å²) in [6.45, 7) is 2.15. The topological polar surface area (TPSA) is 76.1 Å². The maximum Gasteiger partial charge on any atom is 0.442 e. The van der Waals surface area contributed by atoms with Crippen molar-refractivity contribution in [1.82, 2.24) is 4.90 Å². The number of hydrogen-bond acceptors (Lipinski definition) is 4. The minimum absolute atomic E-state index is 0.431. The second-order valence-electron chi connectivity index (χ2n) is 1.65. The number of carbonyl (C=O) groups is 1. The zero-order valence-electron chi connectivity index (χ0n) is 6.14. The molecule has 0 heterocycles. The third kappa shape index (κ3) is 4.71. The molecule has 1 unspecified atom stereocenters. The molecule has 1 amide bonds. The quantitative estimate of drug-likeness (QED) is 0.382. The minimum Gasteiger partial charge on any atom is -0.309 e. The fourth-order valence-electron chi connectivity index (χ4n) is 0.251. The van der Waals surface area contributed by atoms with Crippen LogP contribution in [0.1, 0.15) is 6.92 Å². The van der Waals surface area contributed by atoms with Crippen LogP contribution in [0.15, 0.2) is 0 Å². The summed E-state index contributed by atoms with van der Waals surface area (Å²) in [6.07, 6.45) is -0.810. The second-order valence-corrected chi connectivity index (χ2v) is 2.22. The molecule has 0 spiro atoms. The first-order valence-electron chi connectivity index (χ1n) is 2.78. The summed E-state index contributed by atoms with van der Waals surface area (Å²) in [7, 11) is 1.46. The monoisotopic (exact) mass is 183 g/mol. The van der Waals surface area contributed by atoms with Crippen molar-refractivity contribution in [2.45, 2.75) is 6.92 Å². The van der Waals surface area contributed by atoms with Crippen molar-refractivity contribution in [3.05, 3.63) is 0 Å². The molecule has 0 aromatic rings. The van der Waals surface area contributed by atoms with Crippen LogP contribution in [0.25, 0.3) is 0 Å². The third-order valence-corrected chi connectivity index (χ3v) is 1.13. The summed E-state index contributed by atoms with van der Waals surface area (Å²) in [6, 6.07) is 0. The van der Waals surface area contributed by atoms with Gasteiger partial charge in [-0.2, -0.15) is 4.21 Å². The summed E-state index contributed by atoms with van der Waals surface area (Å²) >= 11 is -2.57. The Labute approximate surface area is 66.5 Å². The molecular formula is C4H9NO5S. The maximum atomic E-state index is 10.6. The van der Waals surface area contributed by atoms with Crippen molar-refractivity contribution in [2.75, 3.05) is 13.6 Å². The van der Waals surface area contributed by atoms with E-state index in [4.69, 9.17) is 4.55 Å². The SMILES string of the molecule is CCN(C)C(=O)OOS(=O)O. The minimum atomic E-state index is -2.57. The Morgan fingerprint density at radius 3 is 2.64 bits per heavy atom. The smallest absolute Gasteiger partial charge is 0.309 e. The normalized spacial score (nSPS) is 12.3. The van der Waals surface area contributed by atoms with Gasteiger partial charge in [-0.3, -0.25) is 9.44 Å². The van der Waals surface area contributed by atoms with Crippen molar-refractivity contribution in [3.8, 4) is 0 Å². The first kappa shape index (κ1) is 10.3. The van der Waals surface area contributed by atoms with Crippen LogP contribution in [0.5, 0.6) is 0 Å². The van der Waals surface area contributed by atoms with Crippen LogP contribution < -0.4 is 0 Å². The molecule has 0 aromatic carbocycles. The molecule has 0 aromatic heterocycles. The predicted molar refractivity (Wildman–Crippen MR) is 36.6 cm³/mol. The molecule has 0 bridgehead atoms. The lowest BCUT2D eigenvalue weighted by Crippen LogP contribution is -2.27. The van der Waals surface area contributed by atoms with Gasteiger partial charge in [-0.25, -0.2) is 4.79 Å². The number of carbonyl (C=O) groups excluding carboxylic acids is 1. The van der Waals surface area contributed by atoms with E-state index < -0.39 is 17.5 Å². The van der Waals surface area contributed by atoms with Crippen molar-refractivity contribution in [3.63, 3.8) is 0 Å². The lowest BCUT2D eigenvalue weighted by molar-refractivity contribution is -0.147. The van der Waals surface area contributed by atoms with Crippen LogP contribution in [0.4, 0.5) is 4.79 Å². The molecule has 66 valence electrons. The van der Waals surface area contributed by atoms with Crippen LogP contribution >= 0.6 is 0 Å². The fraction of sp³-hybridized carbons (Fsp3) is 0.750. The Kier molecular flexibility index (Phi) is 4.75. The van der Waals surface area contributed by atoms with Crippen LogP contribution in [0.2, 0.25) is 0 Å². The molecule has 0 saturated carbocycles. The van der Waals surface area contributed by atoms with E-state index in [1.165, 1.54) is 11.9 Å². The zero-order chi connectivity index (χ0) is 8.85. The molecule has 0 aliphatic heterocycles. The van der Waals surface area contributed by atoms with E-state index in [-0.39, 0.29) is 0 Å². The predicted octanol–water partition coefficient (Wildman–Crippen LogP) is 0.143. The Balaban J connectivity index is 3.60. The van der Waals surface area contributed by atoms with Crippen LogP contribution in [-0.2, 0) is 20.6 Å². The van der Waals surface area contributed by atoms with E-state index >= 15 is 0 Å².